The van der Waals surface area contributed by atoms with Crippen molar-refractivity contribution in [1.29, 1.82) is 0 Å². The SMILES string of the molecule is c1ccc(-c2ccc(-c3ccc(N(c4ccc(-c5cccc6ccccc56)cc4)c4cccc(-c5cccc6c5c5ccc7ccccc7c5n6-c5ccccc5)c4)cc3)cc2)cc1. The van der Waals surface area contributed by atoms with Crippen molar-refractivity contribution in [3.8, 4) is 50.2 Å². The number of benzene rings is 11. The van der Waals surface area contributed by atoms with Gasteiger partial charge in [-0.25, -0.2) is 0 Å². The summed E-state index contributed by atoms with van der Waals surface area (Å²) >= 11 is 0. The molecule has 12 aromatic rings. The van der Waals surface area contributed by atoms with Gasteiger partial charge in [0.05, 0.1) is 11.0 Å². The highest BCUT2D eigenvalue weighted by atomic mass is 15.1. The fourth-order valence-electron chi connectivity index (χ4n) is 9.73. The minimum atomic E-state index is 1.09. The summed E-state index contributed by atoms with van der Waals surface area (Å²) in [7, 11) is 0. The van der Waals surface area contributed by atoms with Crippen LogP contribution in [-0.4, -0.2) is 4.57 Å². The van der Waals surface area contributed by atoms with Crippen molar-refractivity contribution in [3.63, 3.8) is 0 Å². The van der Waals surface area contributed by atoms with Crippen LogP contribution >= 0.6 is 0 Å². The zero-order valence-corrected chi connectivity index (χ0v) is 35.1. The molecule has 0 aliphatic rings. The average molecular weight is 815 g/mol. The first-order valence-electron chi connectivity index (χ1n) is 22.0. The first-order valence-corrected chi connectivity index (χ1v) is 22.0. The fourth-order valence-corrected chi connectivity index (χ4v) is 9.73. The highest BCUT2D eigenvalue weighted by Crippen LogP contribution is 2.44. The molecule has 0 radical (unpaired) electrons. The number of para-hydroxylation sites is 1. The summed E-state index contributed by atoms with van der Waals surface area (Å²) in [5, 5.41) is 7.46. The number of rotatable bonds is 8. The van der Waals surface area contributed by atoms with Crippen molar-refractivity contribution in [3.05, 3.63) is 255 Å². The topological polar surface area (TPSA) is 8.17 Å². The summed E-state index contributed by atoms with van der Waals surface area (Å²) < 4.78 is 2.45. The zero-order valence-electron chi connectivity index (χ0n) is 35.1. The molecule has 0 aliphatic heterocycles. The van der Waals surface area contributed by atoms with Crippen LogP contribution in [0.1, 0.15) is 0 Å². The van der Waals surface area contributed by atoms with Crippen LogP contribution < -0.4 is 4.90 Å². The van der Waals surface area contributed by atoms with E-state index in [4.69, 9.17) is 0 Å². The van der Waals surface area contributed by atoms with Gasteiger partial charge in [0, 0.05) is 38.9 Å². The molecule has 0 N–H and O–H groups in total. The van der Waals surface area contributed by atoms with Crippen molar-refractivity contribution in [2.75, 3.05) is 4.90 Å². The van der Waals surface area contributed by atoms with Gasteiger partial charge in [-0.1, -0.05) is 200 Å². The van der Waals surface area contributed by atoms with E-state index in [1.165, 1.54) is 82.3 Å². The van der Waals surface area contributed by atoms with Gasteiger partial charge in [-0.15, -0.1) is 0 Å². The molecule has 0 unspecified atom stereocenters. The molecule has 0 spiro atoms. The summed E-state index contributed by atoms with van der Waals surface area (Å²) in [6.07, 6.45) is 0. The molecule has 0 atom stereocenters. The Kier molecular flexibility index (Phi) is 9.20. The molecule has 300 valence electrons. The van der Waals surface area contributed by atoms with Gasteiger partial charge < -0.3 is 9.47 Å². The third-order valence-electron chi connectivity index (χ3n) is 12.8. The maximum absolute atomic E-state index is 2.45. The molecule has 64 heavy (non-hydrogen) atoms. The smallest absolute Gasteiger partial charge is 0.0619 e. The van der Waals surface area contributed by atoms with Crippen LogP contribution in [0.25, 0.3) is 93.5 Å². The first kappa shape index (κ1) is 37.3. The van der Waals surface area contributed by atoms with E-state index < -0.39 is 0 Å². The highest BCUT2D eigenvalue weighted by Gasteiger charge is 2.20. The van der Waals surface area contributed by atoms with Crippen LogP contribution in [0.15, 0.2) is 255 Å². The molecule has 1 heterocycles. The Hall–Kier alpha value is -8.46. The molecular formula is C62H42N2. The summed E-state index contributed by atoms with van der Waals surface area (Å²) in [6, 6.07) is 92.6. The quantitative estimate of drug-likeness (QED) is 0.148. The van der Waals surface area contributed by atoms with Crippen LogP contribution in [0, 0.1) is 0 Å². The van der Waals surface area contributed by atoms with Gasteiger partial charge in [0.1, 0.15) is 0 Å². The van der Waals surface area contributed by atoms with Crippen LogP contribution in [0.2, 0.25) is 0 Å². The Morgan fingerprint density at radius 3 is 1.48 bits per heavy atom. The van der Waals surface area contributed by atoms with Crippen molar-refractivity contribution in [2.24, 2.45) is 0 Å². The summed E-state index contributed by atoms with van der Waals surface area (Å²) in [6.45, 7) is 0. The lowest BCUT2D eigenvalue weighted by Gasteiger charge is -2.26. The fraction of sp³-hybridized carbons (Fsp3) is 0. The first-order chi connectivity index (χ1) is 31.7. The van der Waals surface area contributed by atoms with Crippen molar-refractivity contribution >= 4 is 60.4 Å². The zero-order chi connectivity index (χ0) is 42.4. The van der Waals surface area contributed by atoms with Crippen LogP contribution in [0.4, 0.5) is 17.1 Å². The van der Waals surface area contributed by atoms with Gasteiger partial charge in [-0.2, -0.15) is 0 Å². The molecule has 0 amide bonds. The normalized spacial score (nSPS) is 11.4. The average Bonchev–Trinajstić information content (AvgIpc) is 3.73. The standard InChI is InChI=1S/C62H42N2/c1-3-14-43(15-4-1)44-28-30-45(31-29-44)46-32-37-52(38-33-46)63(53-39-34-49(35-40-53)56-25-12-18-47-16-7-9-23-55(47)56)54-22-11-19-50(42-54)57-26-13-27-60-61(57)59-41-36-48-17-8-10-24-58(48)62(59)64(60)51-20-5-2-6-21-51/h1-42H. The predicted molar refractivity (Wildman–Crippen MR) is 272 cm³/mol. The van der Waals surface area contributed by atoms with E-state index >= 15 is 0 Å². The second-order valence-corrected chi connectivity index (χ2v) is 16.5. The lowest BCUT2D eigenvalue weighted by Crippen LogP contribution is -2.10. The third kappa shape index (κ3) is 6.52. The molecular weight excluding hydrogens is 773 g/mol. The molecule has 0 bridgehead atoms. The van der Waals surface area contributed by atoms with Gasteiger partial charge in [-0.3, -0.25) is 0 Å². The van der Waals surface area contributed by atoms with Crippen molar-refractivity contribution < 1.29 is 0 Å². The molecule has 2 heteroatoms. The largest absolute Gasteiger partial charge is 0.310 e. The van der Waals surface area contributed by atoms with Gasteiger partial charge >= 0.3 is 0 Å². The van der Waals surface area contributed by atoms with Gasteiger partial charge in [0.25, 0.3) is 0 Å². The minimum Gasteiger partial charge on any atom is -0.310 e. The van der Waals surface area contributed by atoms with E-state index in [-0.39, 0.29) is 0 Å². The second-order valence-electron chi connectivity index (χ2n) is 16.5. The predicted octanol–water partition coefficient (Wildman–Crippen LogP) is 17.2. The van der Waals surface area contributed by atoms with Crippen molar-refractivity contribution in [1.82, 2.24) is 4.57 Å². The van der Waals surface area contributed by atoms with Gasteiger partial charge in [0.2, 0.25) is 0 Å². The van der Waals surface area contributed by atoms with E-state index in [0.717, 1.165) is 28.3 Å². The molecule has 0 fully saturated rings. The highest BCUT2D eigenvalue weighted by molar-refractivity contribution is 6.22. The Morgan fingerprint density at radius 1 is 0.281 bits per heavy atom. The molecule has 0 saturated carbocycles. The molecule has 0 saturated heterocycles. The summed E-state index contributed by atoms with van der Waals surface area (Å²) in [5.74, 6) is 0. The monoisotopic (exact) mass is 814 g/mol. The Labute approximate surface area is 373 Å². The Morgan fingerprint density at radius 2 is 0.781 bits per heavy atom. The second kappa shape index (κ2) is 15.8. The lowest BCUT2D eigenvalue weighted by molar-refractivity contribution is 1.19. The van der Waals surface area contributed by atoms with Gasteiger partial charge in [-0.05, 0) is 115 Å². The van der Waals surface area contributed by atoms with E-state index in [1.54, 1.807) is 0 Å². The molecule has 11 aromatic carbocycles. The number of hydrogen-bond acceptors (Lipinski definition) is 1. The third-order valence-corrected chi connectivity index (χ3v) is 12.8. The molecule has 1 aromatic heterocycles. The maximum Gasteiger partial charge on any atom is 0.0619 e. The van der Waals surface area contributed by atoms with E-state index in [9.17, 15) is 0 Å². The number of hydrogen-bond donors (Lipinski definition) is 0. The van der Waals surface area contributed by atoms with Crippen LogP contribution in [-0.2, 0) is 0 Å². The van der Waals surface area contributed by atoms with Gasteiger partial charge in [0.15, 0.2) is 0 Å². The Balaban J connectivity index is 0.994. The van der Waals surface area contributed by atoms with E-state index in [2.05, 4.69) is 264 Å². The number of aromatic nitrogens is 1. The summed E-state index contributed by atoms with van der Waals surface area (Å²) in [4.78, 5) is 2.39. The molecule has 12 rings (SSSR count). The van der Waals surface area contributed by atoms with E-state index in [1.807, 2.05) is 0 Å². The number of fused-ring (bicyclic) bond motifs is 6. The lowest BCUT2D eigenvalue weighted by atomic mass is 9.97. The van der Waals surface area contributed by atoms with Crippen LogP contribution in [0.5, 0.6) is 0 Å². The molecule has 0 aliphatic carbocycles. The van der Waals surface area contributed by atoms with Crippen LogP contribution in [0.3, 0.4) is 0 Å². The number of nitrogens with zero attached hydrogens (tertiary/aromatic N) is 2. The van der Waals surface area contributed by atoms with E-state index in [0.29, 0.717) is 0 Å². The molecule has 2 nitrogen and oxygen atoms in total. The maximum atomic E-state index is 2.45. The summed E-state index contributed by atoms with van der Waals surface area (Å²) in [5.41, 5.74) is 16.4. The number of anilines is 3. The van der Waals surface area contributed by atoms with Crippen molar-refractivity contribution in [2.45, 2.75) is 0 Å². The Bertz CT molecular complexity index is 3620. The minimum absolute atomic E-state index is 1.09.